The van der Waals surface area contributed by atoms with Gasteiger partial charge in [0.2, 0.25) is 0 Å². The largest absolute Gasteiger partial charge is 0.494 e. The van der Waals surface area contributed by atoms with Crippen LogP contribution in [0.4, 0.5) is 5.69 Å². The van der Waals surface area contributed by atoms with Gasteiger partial charge in [-0.25, -0.2) is 4.98 Å². The fraction of sp³-hybridized carbons (Fsp3) is 0.357. The standard InChI is InChI=1S/C14H13N3O5/c1-14(2)21-12(18)9(13(19)22-14)7-16-8-4-11(20-3)10(5-15)17-6-8/h4,6-7,9H,1-3H3/b16-7+. The van der Waals surface area contributed by atoms with Gasteiger partial charge in [0.15, 0.2) is 17.4 Å². The van der Waals surface area contributed by atoms with E-state index < -0.39 is 23.6 Å². The zero-order valence-corrected chi connectivity index (χ0v) is 12.2. The zero-order valence-electron chi connectivity index (χ0n) is 12.2. The quantitative estimate of drug-likeness (QED) is 0.467. The average Bonchev–Trinajstić information content (AvgIpc) is 2.44. The number of pyridine rings is 1. The van der Waals surface area contributed by atoms with Crippen molar-refractivity contribution in [1.82, 2.24) is 4.98 Å². The van der Waals surface area contributed by atoms with Gasteiger partial charge in [0.05, 0.1) is 19.0 Å². The average molecular weight is 303 g/mol. The molecule has 0 aromatic carbocycles. The first kappa shape index (κ1) is 15.4. The Bertz CT molecular complexity index is 670. The number of cyclic esters (lactones) is 2. The molecule has 0 spiro atoms. The van der Waals surface area contributed by atoms with Crippen molar-refractivity contribution in [2.75, 3.05) is 7.11 Å². The maximum atomic E-state index is 11.8. The molecule has 0 unspecified atom stereocenters. The van der Waals surface area contributed by atoms with Gasteiger partial charge in [-0.05, 0) is 0 Å². The predicted octanol–water partition coefficient (Wildman–Crippen LogP) is 1.12. The third kappa shape index (κ3) is 3.20. The molecule has 1 aromatic heterocycles. The number of esters is 2. The zero-order chi connectivity index (χ0) is 16.3. The van der Waals surface area contributed by atoms with E-state index in [1.807, 2.05) is 6.07 Å². The van der Waals surface area contributed by atoms with E-state index in [1.165, 1.54) is 33.2 Å². The summed E-state index contributed by atoms with van der Waals surface area (Å²) in [6.07, 6.45) is 2.43. The van der Waals surface area contributed by atoms with Crippen LogP contribution in [0.5, 0.6) is 5.75 Å². The van der Waals surface area contributed by atoms with E-state index >= 15 is 0 Å². The molecular formula is C14H13N3O5. The molecule has 1 aliphatic rings. The molecule has 2 rings (SSSR count). The summed E-state index contributed by atoms with van der Waals surface area (Å²) in [6.45, 7) is 2.93. The van der Waals surface area contributed by atoms with Gasteiger partial charge in [0.25, 0.3) is 5.79 Å². The number of hydrogen-bond acceptors (Lipinski definition) is 8. The first-order valence-corrected chi connectivity index (χ1v) is 6.30. The lowest BCUT2D eigenvalue weighted by Crippen LogP contribution is -2.46. The van der Waals surface area contributed by atoms with Gasteiger partial charge in [-0.2, -0.15) is 5.26 Å². The summed E-state index contributed by atoms with van der Waals surface area (Å²) in [4.78, 5) is 31.4. The normalized spacial score (nSPS) is 17.7. The molecule has 0 atom stereocenters. The molecule has 0 radical (unpaired) electrons. The number of carbonyl (C=O) groups is 2. The predicted molar refractivity (Wildman–Crippen MR) is 73.4 cm³/mol. The van der Waals surface area contributed by atoms with Crippen molar-refractivity contribution >= 4 is 23.8 Å². The fourth-order valence-electron chi connectivity index (χ4n) is 1.76. The van der Waals surface area contributed by atoms with E-state index in [1.54, 1.807) is 0 Å². The molecule has 1 saturated heterocycles. The lowest BCUT2D eigenvalue weighted by Gasteiger charge is -2.31. The van der Waals surface area contributed by atoms with Crippen molar-refractivity contribution in [2.24, 2.45) is 10.9 Å². The molecule has 8 heteroatoms. The van der Waals surface area contributed by atoms with Crippen molar-refractivity contribution < 1.29 is 23.8 Å². The maximum Gasteiger partial charge on any atom is 0.329 e. The number of nitrogens with zero attached hydrogens (tertiary/aromatic N) is 3. The molecule has 0 saturated carbocycles. The van der Waals surface area contributed by atoms with Crippen LogP contribution in [0, 0.1) is 17.2 Å². The topological polar surface area (TPSA) is 111 Å². The molecule has 0 bridgehead atoms. The minimum Gasteiger partial charge on any atom is -0.494 e. The number of aromatic nitrogens is 1. The Labute approximate surface area is 126 Å². The summed E-state index contributed by atoms with van der Waals surface area (Å²) in [5.74, 6) is -3.75. The van der Waals surface area contributed by atoms with Crippen LogP contribution in [0.1, 0.15) is 19.5 Å². The number of methoxy groups -OCH3 is 1. The monoisotopic (exact) mass is 303 g/mol. The Morgan fingerprint density at radius 1 is 1.41 bits per heavy atom. The fourth-order valence-corrected chi connectivity index (χ4v) is 1.76. The van der Waals surface area contributed by atoms with Gasteiger partial charge < -0.3 is 14.2 Å². The van der Waals surface area contributed by atoms with Gasteiger partial charge >= 0.3 is 11.9 Å². The summed E-state index contributed by atoms with van der Waals surface area (Å²) in [7, 11) is 1.39. The van der Waals surface area contributed by atoms with Gasteiger partial charge in [-0.3, -0.25) is 14.6 Å². The minimum atomic E-state index is -1.28. The number of ether oxygens (including phenoxy) is 3. The molecule has 114 valence electrons. The van der Waals surface area contributed by atoms with Gasteiger partial charge in [0, 0.05) is 26.1 Å². The summed E-state index contributed by atoms with van der Waals surface area (Å²) in [6, 6.07) is 3.33. The Morgan fingerprint density at radius 3 is 2.59 bits per heavy atom. The maximum absolute atomic E-state index is 11.8. The van der Waals surface area contributed by atoms with Crippen LogP contribution < -0.4 is 4.74 Å². The Balaban J connectivity index is 2.20. The second-order valence-corrected chi connectivity index (χ2v) is 4.85. The lowest BCUT2D eigenvalue weighted by molar-refractivity contribution is -0.235. The number of rotatable bonds is 3. The van der Waals surface area contributed by atoms with Crippen molar-refractivity contribution in [3.05, 3.63) is 18.0 Å². The van der Waals surface area contributed by atoms with Gasteiger partial charge in [-0.1, -0.05) is 0 Å². The number of carbonyl (C=O) groups excluding carboxylic acids is 2. The molecule has 0 aliphatic carbocycles. The highest BCUT2D eigenvalue weighted by Gasteiger charge is 2.42. The molecule has 22 heavy (non-hydrogen) atoms. The van der Waals surface area contributed by atoms with E-state index in [2.05, 4.69) is 9.98 Å². The van der Waals surface area contributed by atoms with E-state index in [0.29, 0.717) is 5.69 Å². The van der Waals surface area contributed by atoms with E-state index in [9.17, 15) is 9.59 Å². The van der Waals surface area contributed by atoms with Crippen molar-refractivity contribution in [3.63, 3.8) is 0 Å². The Hall–Kier alpha value is -2.95. The molecule has 1 fully saturated rings. The van der Waals surface area contributed by atoms with E-state index in [0.717, 1.165) is 6.21 Å². The molecule has 0 amide bonds. The van der Waals surface area contributed by atoms with Crippen LogP contribution in [0.3, 0.4) is 0 Å². The van der Waals surface area contributed by atoms with E-state index in [-0.39, 0.29) is 11.4 Å². The van der Waals surface area contributed by atoms with Crippen molar-refractivity contribution in [2.45, 2.75) is 19.6 Å². The summed E-state index contributed by atoms with van der Waals surface area (Å²) < 4.78 is 14.9. The van der Waals surface area contributed by atoms with Gasteiger partial charge in [-0.15, -0.1) is 0 Å². The van der Waals surface area contributed by atoms with Crippen molar-refractivity contribution in [1.29, 1.82) is 5.26 Å². The van der Waals surface area contributed by atoms with Crippen LogP contribution in [-0.4, -0.2) is 36.0 Å². The van der Waals surface area contributed by atoms with Crippen LogP contribution in [0.2, 0.25) is 0 Å². The minimum absolute atomic E-state index is 0.111. The lowest BCUT2D eigenvalue weighted by atomic mass is 10.1. The van der Waals surface area contributed by atoms with Crippen molar-refractivity contribution in [3.8, 4) is 11.8 Å². The van der Waals surface area contributed by atoms with Crippen LogP contribution >= 0.6 is 0 Å². The Morgan fingerprint density at radius 2 is 2.05 bits per heavy atom. The molecular weight excluding hydrogens is 290 g/mol. The molecule has 1 aromatic rings. The SMILES string of the molecule is COc1cc(/N=C/C2C(=O)OC(C)(C)OC2=O)cnc1C#N. The highest BCUT2D eigenvalue weighted by atomic mass is 16.7. The third-order valence-electron chi connectivity index (χ3n) is 2.74. The highest BCUT2D eigenvalue weighted by molar-refractivity contribution is 6.10. The van der Waals surface area contributed by atoms with Crippen LogP contribution in [0.25, 0.3) is 0 Å². The first-order valence-electron chi connectivity index (χ1n) is 6.30. The first-order chi connectivity index (χ1) is 10.4. The number of hydrogen-bond donors (Lipinski definition) is 0. The summed E-state index contributed by atoms with van der Waals surface area (Å²) >= 11 is 0. The van der Waals surface area contributed by atoms with Crippen LogP contribution in [0.15, 0.2) is 17.3 Å². The molecule has 0 N–H and O–H groups in total. The van der Waals surface area contributed by atoms with Crippen LogP contribution in [-0.2, 0) is 19.1 Å². The smallest absolute Gasteiger partial charge is 0.329 e. The second kappa shape index (κ2) is 5.81. The van der Waals surface area contributed by atoms with Gasteiger partial charge in [0.1, 0.15) is 6.07 Å². The number of aliphatic imine (C=N–C) groups is 1. The third-order valence-corrected chi connectivity index (χ3v) is 2.74. The molecule has 1 aliphatic heterocycles. The summed E-state index contributed by atoms with van der Waals surface area (Å²) in [5, 5.41) is 8.84. The summed E-state index contributed by atoms with van der Waals surface area (Å²) in [5.41, 5.74) is 0.431. The molecule has 2 heterocycles. The molecule has 8 nitrogen and oxygen atoms in total. The highest BCUT2D eigenvalue weighted by Crippen LogP contribution is 2.24. The Kier molecular flexibility index (Phi) is 4.08. The number of nitriles is 1. The van der Waals surface area contributed by atoms with E-state index in [4.69, 9.17) is 19.5 Å². The second-order valence-electron chi connectivity index (χ2n) is 4.85.